The molecule has 168 valence electrons. The van der Waals surface area contributed by atoms with Crippen molar-refractivity contribution in [3.05, 3.63) is 23.8 Å². The number of alkyl halides is 3. The van der Waals surface area contributed by atoms with Gasteiger partial charge in [0.25, 0.3) is 0 Å². The molecule has 0 amide bonds. The van der Waals surface area contributed by atoms with Gasteiger partial charge in [-0.05, 0) is 26.0 Å². The molecule has 2 aromatic rings. The van der Waals surface area contributed by atoms with Crippen LogP contribution >= 0.6 is 0 Å². The number of anilines is 1. The maximum absolute atomic E-state index is 13.5. The minimum Gasteiger partial charge on any atom is -0.367 e. The third-order valence-electron chi connectivity index (χ3n) is 5.23. The number of pyridine rings is 1. The van der Waals surface area contributed by atoms with Crippen LogP contribution in [-0.4, -0.2) is 47.5 Å². The Morgan fingerprint density at radius 1 is 1.26 bits per heavy atom. The quantitative estimate of drug-likeness (QED) is 0.460. The second-order valence-electron chi connectivity index (χ2n) is 9.48. The highest BCUT2D eigenvalue weighted by Gasteiger charge is 2.41. The number of hydrogen-bond donors (Lipinski definition) is 0. The molecule has 1 fully saturated rings. The van der Waals surface area contributed by atoms with Gasteiger partial charge < -0.3 is 9.64 Å². The molecule has 0 spiro atoms. The summed E-state index contributed by atoms with van der Waals surface area (Å²) in [5.41, 5.74) is 1.49. The van der Waals surface area contributed by atoms with Crippen LogP contribution in [0, 0.1) is 23.7 Å². The highest BCUT2D eigenvalue weighted by molar-refractivity contribution is 6.76. The Labute approximate surface area is 180 Å². The molecule has 0 unspecified atom stereocenters. The molecule has 31 heavy (non-hydrogen) atoms. The Bertz CT molecular complexity index is 986. The average molecular weight is 453 g/mol. The van der Waals surface area contributed by atoms with Gasteiger partial charge in [0, 0.05) is 39.5 Å². The van der Waals surface area contributed by atoms with Crippen molar-refractivity contribution in [2.45, 2.75) is 52.4 Å². The zero-order valence-electron chi connectivity index (χ0n) is 18.4. The van der Waals surface area contributed by atoms with Gasteiger partial charge in [0.15, 0.2) is 5.82 Å². The van der Waals surface area contributed by atoms with Crippen molar-refractivity contribution in [3.8, 4) is 17.5 Å². The van der Waals surface area contributed by atoms with Gasteiger partial charge in [0.1, 0.15) is 6.73 Å². The Hall–Kier alpha value is -2.45. The van der Waals surface area contributed by atoms with E-state index in [1.54, 1.807) is 6.07 Å². The number of aromatic nitrogens is 4. The van der Waals surface area contributed by atoms with E-state index in [4.69, 9.17) is 4.74 Å². The number of nitrogens with zero attached hydrogens (tertiary/aromatic N) is 6. The minimum absolute atomic E-state index is 0.0534. The van der Waals surface area contributed by atoms with Crippen molar-refractivity contribution in [2.24, 2.45) is 5.41 Å². The third-order valence-corrected chi connectivity index (χ3v) is 6.93. The predicted octanol–water partition coefficient (Wildman–Crippen LogP) is 4.33. The van der Waals surface area contributed by atoms with Gasteiger partial charge in [-0.15, -0.1) is 10.2 Å². The molecule has 0 aliphatic carbocycles. The summed E-state index contributed by atoms with van der Waals surface area (Å²) in [6.07, 6.45) is -3.16. The highest BCUT2D eigenvalue weighted by atomic mass is 28.3. The summed E-state index contributed by atoms with van der Waals surface area (Å²) in [4.78, 5) is 6.34. The number of ether oxygens (including phenoxy) is 1. The Morgan fingerprint density at radius 2 is 1.94 bits per heavy atom. The van der Waals surface area contributed by atoms with Crippen LogP contribution in [0.3, 0.4) is 0 Å². The number of halogens is 3. The fraction of sp³-hybridized carbons (Fsp3) is 0.600. The van der Waals surface area contributed by atoms with E-state index >= 15 is 0 Å². The second-order valence-corrected chi connectivity index (χ2v) is 15.1. The SMILES string of the molecule is Cc1ncc(-c2nnc(C(F)(F)F)n2COCC[Si](C)(C)C)cc1N1CC(C)(C#N)C1. The van der Waals surface area contributed by atoms with Crippen molar-refractivity contribution in [3.63, 3.8) is 0 Å². The summed E-state index contributed by atoms with van der Waals surface area (Å²) in [5, 5.41) is 16.4. The van der Waals surface area contributed by atoms with Crippen LogP contribution in [0.2, 0.25) is 25.7 Å². The lowest BCUT2D eigenvalue weighted by atomic mass is 9.83. The maximum atomic E-state index is 13.5. The molecule has 11 heteroatoms. The lowest BCUT2D eigenvalue weighted by Crippen LogP contribution is -2.54. The molecule has 7 nitrogen and oxygen atoms in total. The first kappa shape index (κ1) is 23.2. The molecular weight excluding hydrogens is 425 g/mol. The Kier molecular flexibility index (Phi) is 6.17. The van der Waals surface area contributed by atoms with Gasteiger partial charge in [-0.1, -0.05) is 19.6 Å². The van der Waals surface area contributed by atoms with Crippen molar-refractivity contribution in [2.75, 3.05) is 24.6 Å². The molecule has 0 N–H and O–H groups in total. The van der Waals surface area contributed by atoms with E-state index in [-0.39, 0.29) is 12.6 Å². The van der Waals surface area contributed by atoms with E-state index < -0.39 is 25.5 Å². The zero-order chi connectivity index (χ0) is 23.0. The van der Waals surface area contributed by atoms with E-state index in [2.05, 4.69) is 40.9 Å². The lowest BCUT2D eigenvalue weighted by Gasteiger charge is -2.45. The normalized spacial score (nSPS) is 16.2. The topological polar surface area (TPSA) is 79.9 Å². The standard InChI is InChI=1S/C20H27F3N6OSi/c1-14-16(28-11-19(2,10-24)12-28)8-15(9-25-14)17-26-27-18(20(21,22)23)29(17)13-30-6-7-31(3,4)5/h8-9H,6-7,11-13H2,1-5H3. The highest BCUT2D eigenvalue weighted by Crippen LogP contribution is 2.37. The lowest BCUT2D eigenvalue weighted by molar-refractivity contribution is -0.149. The van der Waals surface area contributed by atoms with E-state index in [0.717, 1.165) is 22.0 Å². The van der Waals surface area contributed by atoms with E-state index in [9.17, 15) is 18.4 Å². The van der Waals surface area contributed by atoms with Gasteiger partial charge >= 0.3 is 6.18 Å². The molecule has 3 heterocycles. The van der Waals surface area contributed by atoms with Crippen LogP contribution in [-0.2, 0) is 17.6 Å². The molecule has 0 aromatic carbocycles. The van der Waals surface area contributed by atoms with Crippen LogP contribution in [0.5, 0.6) is 0 Å². The number of aryl methyl sites for hydroxylation is 1. The van der Waals surface area contributed by atoms with Crippen molar-refractivity contribution in [1.82, 2.24) is 19.7 Å². The minimum atomic E-state index is -4.65. The molecular formula is C20H27F3N6OSi. The Balaban J connectivity index is 1.89. The summed E-state index contributed by atoms with van der Waals surface area (Å²) in [7, 11) is -1.37. The second kappa shape index (κ2) is 8.24. The zero-order valence-corrected chi connectivity index (χ0v) is 19.4. The first-order valence-corrected chi connectivity index (χ1v) is 13.8. The van der Waals surface area contributed by atoms with Crippen molar-refractivity contribution < 1.29 is 17.9 Å². The monoisotopic (exact) mass is 452 g/mol. The molecule has 0 radical (unpaired) electrons. The maximum Gasteiger partial charge on any atom is 0.451 e. The van der Waals surface area contributed by atoms with Crippen LogP contribution < -0.4 is 4.90 Å². The molecule has 0 atom stereocenters. The predicted molar refractivity (Wildman–Crippen MR) is 113 cm³/mol. The fourth-order valence-corrected chi connectivity index (χ4v) is 4.14. The third kappa shape index (κ3) is 5.24. The average Bonchev–Trinajstić information content (AvgIpc) is 3.07. The Morgan fingerprint density at radius 3 is 2.52 bits per heavy atom. The van der Waals surface area contributed by atoms with Gasteiger partial charge in [-0.25, -0.2) is 0 Å². The summed E-state index contributed by atoms with van der Waals surface area (Å²) in [6.45, 7) is 11.4. The van der Waals surface area contributed by atoms with Crippen LogP contribution in [0.4, 0.5) is 18.9 Å². The fourth-order valence-electron chi connectivity index (χ4n) is 3.38. The first-order chi connectivity index (χ1) is 14.3. The molecule has 1 aliphatic heterocycles. The molecule has 0 saturated carbocycles. The molecule has 0 bridgehead atoms. The summed E-state index contributed by atoms with van der Waals surface area (Å²) in [5.74, 6) is -1.05. The molecule has 1 saturated heterocycles. The van der Waals surface area contributed by atoms with Gasteiger partial charge in [-0.2, -0.15) is 18.4 Å². The van der Waals surface area contributed by atoms with Crippen LogP contribution in [0.25, 0.3) is 11.4 Å². The van der Waals surface area contributed by atoms with Gasteiger partial charge in [0.05, 0.1) is 22.9 Å². The molecule has 2 aromatic heterocycles. The van der Waals surface area contributed by atoms with Crippen molar-refractivity contribution in [1.29, 1.82) is 5.26 Å². The number of rotatable bonds is 7. The van der Waals surface area contributed by atoms with E-state index in [1.807, 2.05) is 18.7 Å². The van der Waals surface area contributed by atoms with E-state index in [0.29, 0.717) is 25.3 Å². The van der Waals surface area contributed by atoms with Crippen LogP contribution in [0.15, 0.2) is 12.3 Å². The summed E-state index contributed by atoms with van der Waals surface area (Å²) < 4.78 is 47.1. The summed E-state index contributed by atoms with van der Waals surface area (Å²) in [6, 6.07) is 4.88. The molecule has 3 rings (SSSR count). The van der Waals surface area contributed by atoms with Gasteiger partial charge in [-0.3, -0.25) is 9.55 Å². The number of hydrogen-bond acceptors (Lipinski definition) is 6. The largest absolute Gasteiger partial charge is 0.451 e. The first-order valence-electron chi connectivity index (χ1n) is 10.0. The van der Waals surface area contributed by atoms with Gasteiger partial charge in [0.2, 0.25) is 5.82 Å². The van der Waals surface area contributed by atoms with Crippen LogP contribution in [0.1, 0.15) is 18.4 Å². The molecule has 1 aliphatic rings. The summed E-state index contributed by atoms with van der Waals surface area (Å²) >= 11 is 0. The number of nitriles is 1. The van der Waals surface area contributed by atoms with Crippen molar-refractivity contribution >= 4 is 13.8 Å². The smallest absolute Gasteiger partial charge is 0.367 e. The van der Waals surface area contributed by atoms with E-state index in [1.165, 1.54) is 6.20 Å².